The fraction of sp³-hybridized carbons (Fsp3) is 0.818. The Labute approximate surface area is 75.5 Å². The van der Waals surface area contributed by atoms with Crippen LogP contribution < -0.4 is 0 Å². The van der Waals surface area contributed by atoms with Gasteiger partial charge in [-0.15, -0.1) is 0 Å². The maximum Gasteiger partial charge on any atom is 0.0622 e. The monoisotopic (exact) mass is 168 g/mol. The van der Waals surface area contributed by atoms with Gasteiger partial charge in [0.2, 0.25) is 0 Å². The first-order valence-electron chi connectivity index (χ1n) is 4.79. The molecule has 1 N–H and O–H groups in total. The smallest absolute Gasteiger partial charge is 0.0622 e. The third-order valence-electron chi connectivity index (χ3n) is 3.15. The maximum atomic E-state index is 9.82. The van der Waals surface area contributed by atoms with E-state index in [1.165, 1.54) is 17.6 Å². The van der Waals surface area contributed by atoms with Crippen molar-refractivity contribution in [2.75, 3.05) is 0 Å². The van der Waals surface area contributed by atoms with Crippen LogP contribution in [-0.2, 0) is 0 Å². The summed E-state index contributed by atoms with van der Waals surface area (Å²) in [5.41, 5.74) is 2.51. The summed E-state index contributed by atoms with van der Waals surface area (Å²) in [6, 6.07) is 0. The fourth-order valence-electron chi connectivity index (χ4n) is 1.85. The van der Waals surface area contributed by atoms with Crippen LogP contribution in [0.4, 0.5) is 0 Å². The Balaban J connectivity index is 2.67. The third-order valence-corrected chi connectivity index (χ3v) is 3.15. The quantitative estimate of drug-likeness (QED) is 0.597. The van der Waals surface area contributed by atoms with Crippen LogP contribution in [0.3, 0.4) is 0 Å². The second-order valence-electron chi connectivity index (χ2n) is 4.65. The number of hydrogen-bond acceptors (Lipinski definition) is 1. The van der Waals surface area contributed by atoms with Gasteiger partial charge >= 0.3 is 0 Å². The van der Waals surface area contributed by atoms with E-state index in [2.05, 4.69) is 13.8 Å². The number of aliphatic hydroxyl groups is 1. The van der Waals surface area contributed by atoms with E-state index in [0.29, 0.717) is 5.92 Å². The van der Waals surface area contributed by atoms with Gasteiger partial charge in [-0.05, 0) is 52.9 Å². The van der Waals surface area contributed by atoms with Crippen LogP contribution in [0.5, 0.6) is 0 Å². The summed E-state index contributed by atoms with van der Waals surface area (Å²) in [5, 5.41) is 9.82. The van der Waals surface area contributed by atoms with Gasteiger partial charge in [-0.3, -0.25) is 0 Å². The Hall–Kier alpha value is -0.300. The van der Waals surface area contributed by atoms with Crippen LogP contribution in [-0.4, -0.2) is 10.7 Å². The van der Waals surface area contributed by atoms with E-state index in [4.69, 9.17) is 0 Å². The van der Waals surface area contributed by atoms with E-state index in [9.17, 15) is 5.11 Å². The lowest BCUT2D eigenvalue weighted by Gasteiger charge is -2.33. The van der Waals surface area contributed by atoms with E-state index >= 15 is 0 Å². The van der Waals surface area contributed by atoms with Crippen molar-refractivity contribution in [1.29, 1.82) is 0 Å². The number of allylic oxidation sites excluding steroid dienone is 2. The third kappa shape index (κ3) is 2.10. The molecule has 0 spiro atoms. The van der Waals surface area contributed by atoms with Crippen molar-refractivity contribution in [1.82, 2.24) is 0 Å². The minimum Gasteiger partial charge on any atom is -0.390 e. The average Bonchev–Trinajstić information content (AvgIpc) is 1.92. The van der Waals surface area contributed by atoms with Crippen molar-refractivity contribution in [3.63, 3.8) is 0 Å². The van der Waals surface area contributed by atoms with Crippen LogP contribution in [0, 0.1) is 5.92 Å². The van der Waals surface area contributed by atoms with Crippen molar-refractivity contribution in [2.24, 2.45) is 5.92 Å². The van der Waals surface area contributed by atoms with Crippen LogP contribution >= 0.6 is 0 Å². The topological polar surface area (TPSA) is 20.2 Å². The molecule has 1 aliphatic rings. The molecule has 70 valence electrons. The van der Waals surface area contributed by atoms with E-state index in [1.54, 1.807) is 0 Å². The van der Waals surface area contributed by atoms with E-state index in [-0.39, 0.29) is 0 Å². The highest BCUT2D eigenvalue weighted by molar-refractivity contribution is 5.14. The van der Waals surface area contributed by atoms with Crippen LogP contribution in [0.2, 0.25) is 0 Å². The molecule has 1 rings (SSSR count). The fourth-order valence-corrected chi connectivity index (χ4v) is 1.85. The van der Waals surface area contributed by atoms with Crippen LogP contribution in [0.15, 0.2) is 11.1 Å². The molecule has 1 heteroatoms. The van der Waals surface area contributed by atoms with Crippen molar-refractivity contribution in [2.45, 2.75) is 52.6 Å². The average molecular weight is 168 g/mol. The molecule has 0 fully saturated rings. The van der Waals surface area contributed by atoms with Crippen LogP contribution in [0.25, 0.3) is 0 Å². The molecule has 0 aromatic heterocycles. The molecule has 0 radical (unpaired) electrons. The highest BCUT2D eigenvalue weighted by Crippen LogP contribution is 2.35. The normalized spacial score (nSPS) is 26.2. The molecular weight excluding hydrogens is 148 g/mol. The molecule has 0 saturated heterocycles. The Bertz CT molecular complexity index is 196. The highest BCUT2D eigenvalue weighted by Gasteiger charge is 2.29. The summed E-state index contributed by atoms with van der Waals surface area (Å²) in [5.74, 6) is 0.459. The first kappa shape index (κ1) is 9.79. The van der Waals surface area contributed by atoms with Gasteiger partial charge < -0.3 is 5.11 Å². The predicted molar refractivity (Wildman–Crippen MR) is 52.0 cm³/mol. The molecule has 0 saturated carbocycles. The molecule has 0 aromatic rings. The Morgan fingerprint density at radius 1 is 1.25 bits per heavy atom. The number of rotatable bonds is 1. The molecule has 0 amide bonds. The van der Waals surface area contributed by atoms with Crippen molar-refractivity contribution in [3.05, 3.63) is 11.1 Å². The molecular formula is C11H20O. The Morgan fingerprint density at radius 2 is 1.83 bits per heavy atom. The van der Waals surface area contributed by atoms with Crippen molar-refractivity contribution >= 4 is 0 Å². The van der Waals surface area contributed by atoms with Gasteiger partial charge in [-0.2, -0.15) is 0 Å². The van der Waals surface area contributed by atoms with Gasteiger partial charge in [0.15, 0.2) is 0 Å². The van der Waals surface area contributed by atoms with E-state index in [0.717, 1.165) is 12.8 Å². The lowest BCUT2D eigenvalue weighted by molar-refractivity contribution is 0.0111. The summed E-state index contributed by atoms with van der Waals surface area (Å²) in [7, 11) is 0. The second kappa shape index (κ2) is 3.21. The summed E-state index contributed by atoms with van der Waals surface area (Å²) in [4.78, 5) is 0. The van der Waals surface area contributed by atoms with Crippen molar-refractivity contribution in [3.8, 4) is 0 Å². The molecule has 0 unspecified atom stereocenters. The first-order chi connectivity index (χ1) is 5.41. The SMILES string of the molecule is CC1=C(C)C[C@H](C(C)(C)O)CC1. The lowest BCUT2D eigenvalue weighted by atomic mass is 9.77. The van der Waals surface area contributed by atoms with Gasteiger partial charge in [-0.1, -0.05) is 11.1 Å². The second-order valence-corrected chi connectivity index (χ2v) is 4.65. The zero-order chi connectivity index (χ0) is 9.35. The molecule has 0 aliphatic heterocycles. The molecule has 0 heterocycles. The van der Waals surface area contributed by atoms with Gasteiger partial charge in [0, 0.05) is 0 Å². The molecule has 0 bridgehead atoms. The Morgan fingerprint density at radius 3 is 2.25 bits per heavy atom. The van der Waals surface area contributed by atoms with Gasteiger partial charge in [-0.25, -0.2) is 0 Å². The molecule has 12 heavy (non-hydrogen) atoms. The number of hydrogen-bond donors (Lipinski definition) is 1. The molecule has 1 atom stereocenters. The summed E-state index contributed by atoms with van der Waals surface area (Å²) < 4.78 is 0. The molecule has 1 nitrogen and oxygen atoms in total. The van der Waals surface area contributed by atoms with Gasteiger partial charge in [0.1, 0.15) is 0 Å². The van der Waals surface area contributed by atoms with E-state index < -0.39 is 5.60 Å². The van der Waals surface area contributed by atoms with E-state index in [1.807, 2.05) is 13.8 Å². The summed E-state index contributed by atoms with van der Waals surface area (Å²) in [6.07, 6.45) is 3.39. The minimum atomic E-state index is -0.498. The molecule has 1 aliphatic carbocycles. The Kier molecular flexibility index (Phi) is 2.62. The molecule has 0 aromatic carbocycles. The van der Waals surface area contributed by atoms with Crippen LogP contribution in [0.1, 0.15) is 47.0 Å². The zero-order valence-corrected chi connectivity index (χ0v) is 8.65. The van der Waals surface area contributed by atoms with Gasteiger partial charge in [0.25, 0.3) is 0 Å². The highest BCUT2D eigenvalue weighted by atomic mass is 16.3. The first-order valence-corrected chi connectivity index (χ1v) is 4.79. The maximum absolute atomic E-state index is 9.82. The standard InChI is InChI=1S/C11H20O/c1-8-5-6-10(7-9(8)2)11(3,4)12/h10,12H,5-7H2,1-4H3/t10-/m1/s1. The summed E-state index contributed by atoms with van der Waals surface area (Å²) in [6.45, 7) is 8.24. The predicted octanol–water partition coefficient (Wildman–Crippen LogP) is 2.89. The largest absolute Gasteiger partial charge is 0.390 e. The minimum absolute atomic E-state index is 0.459. The van der Waals surface area contributed by atoms with Crippen molar-refractivity contribution < 1.29 is 5.11 Å². The lowest BCUT2D eigenvalue weighted by Crippen LogP contribution is -2.32. The van der Waals surface area contributed by atoms with Gasteiger partial charge in [0.05, 0.1) is 5.60 Å². The zero-order valence-electron chi connectivity index (χ0n) is 8.65. The summed E-state index contributed by atoms with van der Waals surface area (Å²) >= 11 is 0.